The lowest BCUT2D eigenvalue weighted by atomic mass is 9.94. The van der Waals surface area contributed by atoms with Gasteiger partial charge >= 0.3 is 5.97 Å². The molecule has 2 aromatic heterocycles. The first-order valence-corrected chi connectivity index (χ1v) is 6.65. The fourth-order valence-electron chi connectivity index (χ4n) is 1.65. The zero-order valence-electron chi connectivity index (χ0n) is 12.3. The number of nitrogens with zero attached hydrogens (tertiary/aromatic N) is 2. The summed E-state index contributed by atoms with van der Waals surface area (Å²) in [5, 5.41) is 0. The van der Waals surface area contributed by atoms with Crippen LogP contribution in [0.25, 0.3) is 11.2 Å². The molecule has 2 aromatic rings. The van der Waals surface area contributed by atoms with Crippen LogP contribution in [0.3, 0.4) is 0 Å². The van der Waals surface area contributed by atoms with E-state index >= 15 is 0 Å². The average molecular weight is 290 g/mol. The normalized spacial score (nSPS) is 11.6. The molecule has 0 bridgehead atoms. The minimum absolute atomic E-state index is 0.0886. The Labute approximate surface area is 121 Å². The van der Waals surface area contributed by atoms with Gasteiger partial charge in [0, 0.05) is 6.20 Å². The largest absolute Gasteiger partial charge is 0.461 e. The second kappa shape index (κ2) is 5.51. The second-order valence-electron chi connectivity index (χ2n) is 5.44. The number of carbonyl (C=O) groups is 2. The summed E-state index contributed by atoms with van der Waals surface area (Å²) in [7, 11) is 0. The number of amides is 1. The Morgan fingerprint density at radius 3 is 2.76 bits per heavy atom. The quantitative estimate of drug-likeness (QED) is 0.803. The molecule has 0 fully saturated rings. The summed E-state index contributed by atoms with van der Waals surface area (Å²) < 4.78 is 5.17. The number of rotatable bonds is 5. The molecule has 7 nitrogen and oxygen atoms in total. The van der Waals surface area contributed by atoms with E-state index in [4.69, 9.17) is 10.5 Å². The van der Waals surface area contributed by atoms with Gasteiger partial charge in [-0.3, -0.25) is 4.79 Å². The molecule has 0 atom stereocenters. The van der Waals surface area contributed by atoms with E-state index in [1.165, 1.54) is 6.20 Å². The number of carbonyl (C=O) groups excluding carboxylic acids is 2. The fraction of sp³-hybridized carbons (Fsp3) is 0.429. The van der Waals surface area contributed by atoms with Gasteiger partial charge in [-0.25, -0.2) is 14.8 Å². The molecule has 0 unspecified atom stereocenters. The van der Waals surface area contributed by atoms with Crippen LogP contribution < -0.4 is 5.73 Å². The van der Waals surface area contributed by atoms with Gasteiger partial charge < -0.3 is 15.5 Å². The minimum Gasteiger partial charge on any atom is -0.461 e. The highest BCUT2D eigenvalue weighted by atomic mass is 16.5. The summed E-state index contributed by atoms with van der Waals surface area (Å²) in [6.45, 7) is 5.10. The van der Waals surface area contributed by atoms with Crippen molar-refractivity contribution in [3.63, 3.8) is 0 Å². The Bertz CT molecular complexity index is 691. The summed E-state index contributed by atoms with van der Waals surface area (Å²) in [5.74, 6) is -1.08. The number of fused-ring (bicyclic) bond motifs is 1. The van der Waals surface area contributed by atoms with Crippen LogP contribution in [-0.2, 0) is 16.0 Å². The van der Waals surface area contributed by atoms with Crippen molar-refractivity contribution >= 4 is 23.0 Å². The van der Waals surface area contributed by atoms with E-state index in [0.29, 0.717) is 16.7 Å². The number of aromatic amines is 1. The predicted octanol–water partition coefficient (Wildman–Crippen LogP) is 1.19. The Kier molecular flexibility index (Phi) is 3.93. The molecule has 0 saturated heterocycles. The standard InChI is InChI=1S/C14H18N4O3/c1-4-8-5-16-11-10(18-8)9(6-17-11)12(19)21-7-14(2,3)13(15)20/h5-6H,4,7H2,1-3H3,(H2,15,20)(H,16,17). The smallest absolute Gasteiger partial charge is 0.342 e. The number of aryl methyl sites for hydroxylation is 1. The van der Waals surface area contributed by atoms with Gasteiger partial charge in [-0.05, 0) is 20.3 Å². The van der Waals surface area contributed by atoms with E-state index in [-0.39, 0.29) is 6.61 Å². The van der Waals surface area contributed by atoms with Crippen molar-refractivity contribution in [1.82, 2.24) is 15.0 Å². The van der Waals surface area contributed by atoms with E-state index in [9.17, 15) is 9.59 Å². The molecule has 0 spiro atoms. The lowest BCUT2D eigenvalue weighted by molar-refractivity contribution is -0.127. The topological polar surface area (TPSA) is 111 Å². The zero-order chi connectivity index (χ0) is 15.6. The molecule has 2 rings (SSSR count). The van der Waals surface area contributed by atoms with E-state index in [2.05, 4.69) is 15.0 Å². The number of esters is 1. The van der Waals surface area contributed by atoms with Crippen LogP contribution in [0.15, 0.2) is 12.4 Å². The number of nitrogens with one attached hydrogen (secondary N) is 1. The maximum Gasteiger partial charge on any atom is 0.342 e. The van der Waals surface area contributed by atoms with Crippen molar-refractivity contribution in [2.24, 2.45) is 11.1 Å². The molecule has 1 amide bonds. The Morgan fingerprint density at radius 2 is 2.14 bits per heavy atom. The molecule has 0 aliphatic heterocycles. The van der Waals surface area contributed by atoms with Crippen LogP contribution >= 0.6 is 0 Å². The van der Waals surface area contributed by atoms with Crippen LogP contribution in [0.1, 0.15) is 36.8 Å². The third kappa shape index (κ3) is 3.01. The second-order valence-corrected chi connectivity index (χ2v) is 5.44. The number of primary amides is 1. The van der Waals surface area contributed by atoms with Crippen molar-refractivity contribution in [3.05, 3.63) is 23.7 Å². The summed E-state index contributed by atoms with van der Waals surface area (Å²) in [4.78, 5) is 34.8. The van der Waals surface area contributed by atoms with Gasteiger partial charge in [0.2, 0.25) is 5.91 Å². The highest BCUT2D eigenvalue weighted by Gasteiger charge is 2.28. The molecule has 7 heteroatoms. The van der Waals surface area contributed by atoms with Gasteiger partial charge in [0.15, 0.2) is 5.65 Å². The maximum atomic E-state index is 12.1. The molecule has 3 N–H and O–H groups in total. The van der Waals surface area contributed by atoms with E-state index < -0.39 is 17.3 Å². The van der Waals surface area contributed by atoms with Crippen molar-refractivity contribution in [2.45, 2.75) is 27.2 Å². The van der Waals surface area contributed by atoms with Gasteiger partial charge in [0.1, 0.15) is 17.7 Å². The minimum atomic E-state index is -0.915. The molecule has 2 heterocycles. The molecule has 112 valence electrons. The molecule has 0 saturated carbocycles. The maximum absolute atomic E-state index is 12.1. The number of H-pyrrole nitrogens is 1. The first-order chi connectivity index (χ1) is 9.85. The van der Waals surface area contributed by atoms with Gasteiger partial charge in [-0.15, -0.1) is 0 Å². The zero-order valence-corrected chi connectivity index (χ0v) is 12.3. The predicted molar refractivity (Wildman–Crippen MR) is 76.5 cm³/mol. The Morgan fingerprint density at radius 1 is 1.43 bits per heavy atom. The third-order valence-electron chi connectivity index (χ3n) is 3.24. The van der Waals surface area contributed by atoms with Crippen LogP contribution in [-0.4, -0.2) is 33.4 Å². The number of hydrogen-bond acceptors (Lipinski definition) is 5. The van der Waals surface area contributed by atoms with Crippen molar-refractivity contribution in [1.29, 1.82) is 0 Å². The first kappa shape index (κ1) is 15.0. The Balaban J connectivity index is 2.22. The number of nitrogens with two attached hydrogens (primary N) is 1. The SMILES string of the molecule is CCc1cnc2[nH]cc(C(=O)OCC(C)(C)C(N)=O)c2n1. The molecule has 21 heavy (non-hydrogen) atoms. The Hall–Kier alpha value is -2.44. The van der Waals surface area contributed by atoms with Crippen molar-refractivity contribution < 1.29 is 14.3 Å². The molecular weight excluding hydrogens is 272 g/mol. The van der Waals surface area contributed by atoms with Crippen molar-refractivity contribution in [2.75, 3.05) is 6.61 Å². The molecule has 0 aromatic carbocycles. The summed E-state index contributed by atoms with van der Waals surface area (Å²) in [6, 6.07) is 0. The van der Waals surface area contributed by atoms with E-state index in [0.717, 1.165) is 12.1 Å². The molecule has 0 aliphatic rings. The number of aromatic nitrogens is 3. The van der Waals surface area contributed by atoms with Crippen molar-refractivity contribution in [3.8, 4) is 0 Å². The highest BCUT2D eigenvalue weighted by molar-refractivity contribution is 6.01. The lowest BCUT2D eigenvalue weighted by Crippen LogP contribution is -2.36. The summed E-state index contributed by atoms with van der Waals surface area (Å²) in [5.41, 5.74) is 6.41. The highest BCUT2D eigenvalue weighted by Crippen LogP contribution is 2.19. The lowest BCUT2D eigenvalue weighted by Gasteiger charge is -2.19. The number of ether oxygens (including phenoxy) is 1. The molecule has 0 radical (unpaired) electrons. The number of hydrogen-bond donors (Lipinski definition) is 2. The summed E-state index contributed by atoms with van der Waals surface area (Å²) >= 11 is 0. The van der Waals surface area contributed by atoms with E-state index in [1.807, 2.05) is 6.92 Å². The van der Waals surface area contributed by atoms with Gasteiger partial charge in [-0.2, -0.15) is 0 Å². The van der Waals surface area contributed by atoms with Crippen LogP contribution in [0, 0.1) is 5.41 Å². The average Bonchev–Trinajstić information content (AvgIpc) is 2.87. The van der Waals surface area contributed by atoms with Gasteiger partial charge in [0.25, 0.3) is 0 Å². The van der Waals surface area contributed by atoms with Crippen LogP contribution in [0.5, 0.6) is 0 Å². The van der Waals surface area contributed by atoms with Crippen LogP contribution in [0.2, 0.25) is 0 Å². The molecular formula is C14H18N4O3. The molecule has 0 aliphatic carbocycles. The summed E-state index contributed by atoms with van der Waals surface area (Å²) in [6.07, 6.45) is 3.88. The fourth-order valence-corrected chi connectivity index (χ4v) is 1.65. The third-order valence-corrected chi connectivity index (χ3v) is 3.24. The van der Waals surface area contributed by atoms with Gasteiger partial charge in [-0.1, -0.05) is 6.92 Å². The van der Waals surface area contributed by atoms with Crippen LogP contribution in [0.4, 0.5) is 0 Å². The van der Waals surface area contributed by atoms with E-state index in [1.54, 1.807) is 20.0 Å². The first-order valence-electron chi connectivity index (χ1n) is 6.65. The van der Waals surface area contributed by atoms with Gasteiger partial charge in [0.05, 0.1) is 17.3 Å². The monoisotopic (exact) mass is 290 g/mol.